The predicted octanol–water partition coefficient (Wildman–Crippen LogP) is 2.38. The van der Waals surface area contributed by atoms with E-state index in [1.807, 2.05) is 6.92 Å². The van der Waals surface area contributed by atoms with Crippen molar-refractivity contribution in [3.63, 3.8) is 0 Å². The van der Waals surface area contributed by atoms with Gasteiger partial charge in [-0.1, -0.05) is 0 Å². The first kappa shape index (κ1) is 13.8. The van der Waals surface area contributed by atoms with Crippen LogP contribution in [0.25, 0.3) is 0 Å². The number of nitrogens with zero attached hydrogens (tertiary/aromatic N) is 3. The third kappa shape index (κ3) is 3.42. The summed E-state index contributed by atoms with van der Waals surface area (Å²) in [5.41, 5.74) is 0.844. The van der Waals surface area contributed by atoms with E-state index in [4.69, 9.17) is 0 Å². The zero-order valence-corrected chi connectivity index (χ0v) is 11.1. The van der Waals surface area contributed by atoms with Gasteiger partial charge >= 0.3 is 6.03 Å². The number of carbonyl (C=O) groups is 1. The number of aryl methyl sites for hydroxylation is 2. The van der Waals surface area contributed by atoms with Crippen LogP contribution in [0.1, 0.15) is 24.8 Å². The van der Waals surface area contributed by atoms with E-state index in [1.54, 1.807) is 17.9 Å². The maximum atomic E-state index is 13.2. The smallest absolute Gasteiger partial charge is 0.323 e. The summed E-state index contributed by atoms with van der Waals surface area (Å²) in [6.45, 7) is 2.26. The number of halogens is 2. The number of likely N-dealkylation sites (tertiary alicyclic amines) is 1. The molecule has 7 heteroatoms. The van der Waals surface area contributed by atoms with Gasteiger partial charge in [-0.2, -0.15) is 5.10 Å². The number of rotatable bonds is 1. The molecule has 2 amide bonds. The average molecular weight is 272 g/mol. The Hall–Kier alpha value is -1.66. The molecule has 1 saturated heterocycles. The Balaban J connectivity index is 1.98. The van der Waals surface area contributed by atoms with E-state index < -0.39 is 5.92 Å². The Bertz CT molecular complexity index is 472. The highest BCUT2D eigenvalue weighted by Gasteiger charge is 2.33. The molecule has 0 saturated carbocycles. The van der Waals surface area contributed by atoms with Crippen molar-refractivity contribution in [1.82, 2.24) is 14.7 Å². The molecule has 0 bridgehead atoms. The van der Waals surface area contributed by atoms with E-state index in [0.717, 1.165) is 5.56 Å². The van der Waals surface area contributed by atoms with Gasteiger partial charge in [0.15, 0.2) is 5.82 Å². The number of aromatic nitrogens is 2. The van der Waals surface area contributed by atoms with Crippen LogP contribution in [0.15, 0.2) is 6.20 Å². The van der Waals surface area contributed by atoms with Crippen molar-refractivity contribution in [3.8, 4) is 0 Å². The van der Waals surface area contributed by atoms with Crippen molar-refractivity contribution >= 4 is 11.8 Å². The van der Waals surface area contributed by atoms with Crippen LogP contribution in [0, 0.1) is 6.92 Å². The summed E-state index contributed by atoms with van der Waals surface area (Å²) >= 11 is 0. The number of anilines is 1. The number of nitrogens with one attached hydrogen (secondary N) is 1. The second-order valence-electron chi connectivity index (χ2n) is 4.96. The Morgan fingerprint density at radius 2 is 2.16 bits per heavy atom. The van der Waals surface area contributed by atoms with Crippen molar-refractivity contribution in [2.24, 2.45) is 7.05 Å². The predicted molar refractivity (Wildman–Crippen MR) is 67.3 cm³/mol. The first-order valence-corrected chi connectivity index (χ1v) is 6.31. The molecule has 0 aliphatic carbocycles. The van der Waals surface area contributed by atoms with Gasteiger partial charge in [0.25, 0.3) is 0 Å². The summed E-state index contributed by atoms with van der Waals surface area (Å²) in [4.78, 5) is 13.4. The molecule has 1 N–H and O–H groups in total. The van der Waals surface area contributed by atoms with Crippen LogP contribution >= 0.6 is 0 Å². The Morgan fingerprint density at radius 3 is 2.79 bits per heavy atom. The number of amides is 2. The number of urea groups is 1. The maximum Gasteiger partial charge on any atom is 0.323 e. The van der Waals surface area contributed by atoms with Gasteiger partial charge in [-0.25, -0.2) is 13.6 Å². The fraction of sp³-hybridized carbons (Fsp3) is 0.667. The first-order valence-electron chi connectivity index (χ1n) is 6.31. The molecule has 5 nitrogen and oxygen atoms in total. The van der Waals surface area contributed by atoms with Crippen molar-refractivity contribution in [1.29, 1.82) is 0 Å². The van der Waals surface area contributed by atoms with Crippen molar-refractivity contribution in [3.05, 3.63) is 11.8 Å². The molecule has 0 atom stereocenters. The standard InChI is InChI=1S/C12H18F2N4O/c1-9-8-17(2)16-10(9)15-11(19)18-6-3-4-12(13,14)5-7-18/h8H,3-7H2,1-2H3,(H,15,16,19). The lowest BCUT2D eigenvalue weighted by molar-refractivity contribution is -0.0121. The molecule has 0 spiro atoms. The highest BCUT2D eigenvalue weighted by Crippen LogP contribution is 2.28. The zero-order chi connectivity index (χ0) is 14.0. The quantitative estimate of drug-likeness (QED) is 0.853. The van der Waals surface area contributed by atoms with Gasteiger partial charge in [0.05, 0.1) is 0 Å². The normalized spacial score (nSPS) is 19.1. The van der Waals surface area contributed by atoms with Crippen molar-refractivity contribution in [2.45, 2.75) is 32.1 Å². The first-order chi connectivity index (χ1) is 8.87. The molecule has 1 aromatic heterocycles. The topological polar surface area (TPSA) is 50.2 Å². The van der Waals surface area contributed by atoms with E-state index in [9.17, 15) is 13.6 Å². The van der Waals surface area contributed by atoms with Gasteiger partial charge in [0.2, 0.25) is 5.92 Å². The van der Waals surface area contributed by atoms with Crippen LogP contribution in [-0.2, 0) is 7.05 Å². The largest absolute Gasteiger partial charge is 0.324 e. The minimum atomic E-state index is -2.66. The molecule has 19 heavy (non-hydrogen) atoms. The van der Waals surface area contributed by atoms with Gasteiger partial charge in [0.1, 0.15) is 0 Å². The van der Waals surface area contributed by atoms with Gasteiger partial charge in [-0.15, -0.1) is 0 Å². The monoisotopic (exact) mass is 272 g/mol. The summed E-state index contributed by atoms with van der Waals surface area (Å²) in [5, 5.41) is 6.77. The van der Waals surface area contributed by atoms with Crippen LogP contribution < -0.4 is 5.32 Å². The Morgan fingerprint density at radius 1 is 1.42 bits per heavy atom. The second kappa shape index (κ2) is 5.14. The Kier molecular flexibility index (Phi) is 3.73. The molecule has 1 aliphatic heterocycles. The molecular formula is C12H18F2N4O. The number of alkyl halides is 2. The van der Waals surface area contributed by atoms with Crippen molar-refractivity contribution < 1.29 is 13.6 Å². The van der Waals surface area contributed by atoms with E-state index in [1.165, 1.54) is 4.90 Å². The molecule has 0 unspecified atom stereocenters. The maximum absolute atomic E-state index is 13.2. The third-order valence-electron chi connectivity index (χ3n) is 3.24. The lowest BCUT2D eigenvalue weighted by atomic mass is 10.1. The highest BCUT2D eigenvalue weighted by atomic mass is 19.3. The molecule has 2 heterocycles. The lowest BCUT2D eigenvalue weighted by Gasteiger charge is -2.20. The molecule has 1 aromatic rings. The summed E-state index contributed by atoms with van der Waals surface area (Å²) in [6.07, 6.45) is 1.68. The molecular weight excluding hydrogens is 254 g/mol. The molecule has 0 aromatic carbocycles. The number of carbonyl (C=O) groups excluding carboxylic acids is 1. The molecule has 106 valence electrons. The van der Waals surface area contributed by atoms with Crippen LogP contribution in [0.2, 0.25) is 0 Å². The van der Waals surface area contributed by atoms with Gasteiger partial charge in [-0.3, -0.25) is 10.00 Å². The number of hydrogen-bond acceptors (Lipinski definition) is 2. The number of hydrogen-bond donors (Lipinski definition) is 1. The van der Waals surface area contributed by atoms with Crippen LogP contribution in [0.3, 0.4) is 0 Å². The fourth-order valence-corrected chi connectivity index (χ4v) is 2.18. The fourth-order valence-electron chi connectivity index (χ4n) is 2.18. The highest BCUT2D eigenvalue weighted by molar-refractivity contribution is 5.88. The molecule has 2 rings (SSSR count). The molecule has 0 radical (unpaired) electrons. The molecule has 1 aliphatic rings. The van der Waals surface area contributed by atoms with Gasteiger partial charge in [0, 0.05) is 44.7 Å². The summed E-state index contributed by atoms with van der Waals surface area (Å²) in [7, 11) is 1.76. The minimum Gasteiger partial charge on any atom is -0.324 e. The summed E-state index contributed by atoms with van der Waals surface area (Å²) < 4.78 is 28.0. The van der Waals surface area contributed by atoms with Gasteiger partial charge < -0.3 is 4.90 Å². The van der Waals surface area contributed by atoms with E-state index in [2.05, 4.69) is 10.4 Å². The minimum absolute atomic E-state index is 0.0741. The van der Waals surface area contributed by atoms with Crippen LogP contribution in [0.5, 0.6) is 0 Å². The summed E-state index contributed by atoms with van der Waals surface area (Å²) in [5.74, 6) is -2.18. The van der Waals surface area contributed by atoms with Crippen molar-refractivity contribution in [2.75, 3.05) is 18.4 Å². The Labute approximate surface area is 110 Å². The zero-order valence-electron chi connectivity index (χ0n) is 11.1. The average Bonchev–Trinajstić information content (AvgIpc) is 2.51. The second-order valence-corrected chi connectivity index (χ2v) is 4.96. The lowest BCUT2D eigenvalue weighted by Crippen LogP contribution is -2.36. The van der Waals surface area contributed by atoms with E-state index in [-0.39, 0.29) is 25.4 Å². The van der Waals surface area contributed by atoms with E-state index in [0.29, 0.717) is 18.8 Å². The molecule has 1 fully saturated rings. The SMILES string of the molecule is Cc1cn(C)nc1NC(=O)N1CCCC(F)(F)CC1. The van der Waals surface area contributed by atoms with Crippen LogP contribution in [0.4, 0.5) is 19.4 Å². The summed E-state index contributed by atoms with van der Waals surface area (Å²) in [6, 6.07) is -0.362. The third-order valence-corrected chi connectivity index (χ3v) is 3.24. The van der Waals surface area contributed by atoms with Gasteiger partial charge in [-0.05, 0) is 13.3 Å². The van der Waals surface area contributed by atoms with Crippen LogP contribution in [-0.4, -0.2) is 39.7 Å². The van der Waals surface area contributed by atoms with E-state index >= 15 is 0 Å².